The number of fused-ring (bicyclic) bond motifs is 1. The van der Waals surface area contributed by atoms with Crippen LogP contribution in [0.15, 0.2) is 42.7 Å². The van der Waals surface area contributed by atoms with Gasteiger partial charge in [0.2, 0.25) is 5.91 Å². The maximum Gasteiger partial charge on any atom is 0.237 e. The molecule has 1 unspecified atom stereocenters. The van der Waals surface area contributed by atoms with Gasteiger partial charge in [0.05, 0.1) is 6.04 Å². The minimum atomic E-state index is -0.170. The number of benzene rings is 1. The molecule has 5 heteroatoms. The van der Waals surface area contributed by atoms with E-state index in [4.69, 9.17) is 0 Å². The largest absolute Gasteiger partial charge is 0.351 e. The van der Waals surface area contributed by atoms with E-state index < -0.39 is 0 Å². The summed E-state index contributed by atoms with van der Waals surface area (Å²) in [7, 11) is 0. The number of carbonyl (C=O) groups excluding carboxylic acids is 1. The Kier molecular flexibility index (Phi) is 4.75. The summed E-state index contributed by atoms with van der Waals surface area (Å²) in [4.78, 5) is 16.5. The Hall–Kier alpha value is -1.85. The number of hydrogen-bond donors (Lipinski definition) is 3. The van der Waals surface area contributed by atoms with Gasteiger partial charge in [0.15, 0.2) is 0 Å². The zero-order chi connectivity index (χ0) is 15.4. The van der Waals surface area contributed by atoms with E-state index in [1.54, 1.807) is 12.4 Å². The monoisotopic (exact) mass is 313 g/mol. The lowest BCUT2D eigenvalue weighted by atomic mass is 9.95. The third-order valence-corrected chi connectivity index (χ3v) is 4.26. The third kappa shape index (κ3) is 3.48. The molecule has 0 saturated carbocycles. The summed E-state index contributed by atoms with van der Waals surface area (Å²) in [5.41, 5.74) is 4.58. The lowest BCUT2D eigenvalue weighted by Crippen LogP contribution is -2.47. The van der Waals surface area contributed by atoms with Crippen LogP contribution in [-0.2, 0) is 30.1 Å². The van der Waals surface area contributed by atoms with E-state index in [1.807, 2.05) is 18.2 Å². The SMILES string of the molecule is O=C(NCc1cncc(CS)c1)C1Cc2ccccc2CN1. The molecule has 114 valence electrons. The fraction of sp³-hybridized carbons (Fsp3) is 0.294. The summed E-state index contributed by atoms with van der Waals surface area (Å²) in [6, 6.07) is 10.1. The molecule has 1 aliphatic heterocycles. The number of rotatable bonds is 4. The maximum atomic E-state index is 12.3. The van der Waals surface area contributed by atoms with Crippen molar-refractivity contribution in [2.24, 2.45) is 0 Å². The molecule has 1 amide bonds. The fourth-order valence-electron chi connectivity index (χ4n) is 2.68. The van der Waals surface area contributed by atoms with E-state index in [-0.39, 0.29) is 11.9 Å². The van der Waals surface area contributed by atoms with Crippen molar-refractivity contribution >= 4 is 18.5 Å². The highest BCUT2D eigenvalue weighted by Crippen LogP contribution is 2.16. The number of pyridine rings is 1. The Morgan fingerprint density at radius 2 is 2.05 bits per heavy atom. The van der Waals surface area contributed by atoms with Crippen LogP contribution in [-0.4, -0.2) is 16.9 Å². The topological polar surface area (TPSA) is 54.0 Å². The molecule has 22 heavy (non-hydrogen) atoms. The summed E-state index contributed by atoms with van der Waals surface area (Å²) < 4.78 is 0. The molecule has 0 radical (unpaired) electrons. The molecule has 1 aromatic heterocycles. The van der Waals surface area contributed by atoms with Gasteiger partial charge in [0, 0.05) is 31.2 Å². The van der Waals surface area contributed by atoms with Gasteiger partial charge in [0.1, 0.15) is 0 Å². The van der Waals surface area contributed by atoms with Crippen molar-refractivity contribution in [1.29, 1.82) is 0 Å². The number of nitrogens with one attached hydrogen (secondary N) is 2. The smallest absolute Gasteiger partial charge is 0.237 e. The van der Waals surface area contributed by atoms with E-state index in [0.29, 0.717) is 12.3 Å². The van der Waals surface area contributed by atoms with Crippen LogP contribution in [0.2, 0.25) is 0 Å². The van der Waals surface area contributed by atoms with Gasteiger partial charge in [0.25, 0.3) is 0 Å². The van der Waals surface area contributed by atoms with Crippen LogP contribution in [0.25, 0.3) is 0 Å². The first kappa shape index (κ1) is 15.1. The first-order valence-electron chi connectivity index (χ1n) is 7.38. The number of aromatic nitrogens is 1. The number of carbonyl (C=O) groups is 1. The molecule has 0 spiro atoms. The van der Waals surface area contributed by atoms with Crippen molar-refractivity contribution in [3.63, 3.8) is 0 Å². The Balaban J connectivity index is 1.59. The highest BCUT2D eigenvalue weighted by molar-refractivity contribution is 7.79. The standard InChI is InChI=1S/C17H19N3OS/c21-17(20-9-12-5-13(11-22)8-18-7-12)16-6-14-3-1-2-4-15(14)10-19-16/h1-5,7-8,16,19,22H,6,9-11H2,(H,20,21). The lowest BCUT2D eigenvalue weighted by Gasteiger charge is -2.25. The first-order valence-corrected chi connectivity index (χ1v) is 8.01. The first-order chi connectivity index (χ1) is 10.8. The average Bonchev–Trinajstić information content (AvgIpc) is 2.59. The molecule has 0 fully saturated rings. The van der Waals surface area contributed by atoms with Crippen LogP contribution in [0.1, 0.15) is 22.3 Å². The molecule has 4 nitrogen and oxygen atoms in total. The number of thiol groups is 1. The molecule has 2 heterocycles. The minimum Gasteiger partial charge on any atom is -0.351 e. The second kappa shape index (κ2) is 6.94. The predicted octanol–water partition coefficient (Wildman–Crippen LogP) is 1.84. The third-order valence-electron chi connectivity index (χ3n) is 3.90. The summed E-state index contributed by atoms with van der Waals surface area (Å²) in [5, 5.41) is 6.28. The average molecular weight is 313 g/mol. The van der Waals surface area contributed by atoms with E-state index in [2.05, 4.69) is 40.4 Å². The Morgan fingerprint density at radius 3 is 2.86 bits per heavy atom. The van der Waals surface area contributed by atoms with Gasteiger partial charge in [-0.1, -0.05) is 30.3 Å². The van der Waals surface area contributed by atoms with Crippen molar-refractivity contribution in [1.82, 2.24) is 15.6 Å². The minimum absolute atomic E-state index is 0.0331. The zero-order valence-corrected chi connectivity index (χ0v) is 13.1. The highest BCUT2D eigenvalue weighted by Gasteiger charge is 2.23. The van der Waals surface area contributed by atoms with E-state index in [1.165, 1.54) is 11.1 Å². The van der Waals surface area contributed by atoms with Gasteiger partial charge < -0.3 is 10.6 Å². The van der Waals surface area contributed by atoms with Gasteiger partial charge in [-0.05, 0) is 28.7 Å². The van der Waals surface area contributed by atoms with Crippen molar-refractivity contribution in [3.05, 3.63) is 65.0 Å². The van der Waals surface area contributed by atoms with Crippen molar-refractivity contribution in [2.75, 3.05) is 0 Å². The molecule has 3 rings (SSSR count). The summed E-state index contributed by atoms with van der Waals surface area (Å²) >= 11 is 4.24. The molecule has 0 saturated heterocycles. The number of nitrogens with zero attached hydrogens (tertiary/aromatic N) is 1. The summed E-state index contributed by atoms with van der Waals surface area (Å²) in [6.07, 6.45) is 4.30. The van der Waals surface area contributed by atoms with Gasteiger partial charge in [-0.2, -0.15) is 12.6 Å². The Bertz CT molecular complexity index is 674. The van der Waals surface area contributed by atoms with Crippen molar-refractivity contribution < 1.29 is 4.79 Å². The molecule has 1 atom stereocenters. The maximum absolute atomic E-state index is 12.3. The molecule has 0 bridgehead atoms. The van der Waals surface area contributed by atoms with E-state index in [0.717, 1.165) is 24.1 Å². The normalized spacial score (nSPS) is 16.9. The van der Waals surface area contributed by atoms with Gasteiger partial charge in [-0.3, -0.25) is 9.78 Å². The van der Waals surface area contributed by atoms with Crippen LogP contribution in [0, 0.1) is 0 Å². The quantitative estimate of drug-likeness (QED) is 0.755. The van der Waals surface area contributed by atoms with Crippen molar-refractivity contribution in [3.8, 4) is 0 Å². The summed E-state index contributed by atoms with van der Waals surface area (Å²) in [6.45, 7) is 1.23. The van der Waals surface area contributed by atoms with Gasteiger partial charge in [-0.25, -0.2) is 0 Å². The Morgan fingerprint density at radius 1 is 1.27 bits per heavy atom. The lowest BCUT2D eigenvalue weighted by molar-refractivity contribution is -0.123. The molecule has 2 aromatic rings. The fourth-order valence-corrected chi connectivity index (χ4v) is 2.85. The van der Waals surface area contributed by atoms with E-state index in [9.17, 15) is 4.79 Å². The molecule has 1 aliphatic rings. The number of hydrogen-bond acceptors (Lipinski definition) is 4. The zero-order valence-electron chi connectivity index (χ0n) is 12.2. The van der Waals surface area contributed by atoms with Crippen LogP contribution in [0.3, 0.4) is 0 Å². The van der Waals surface area contributed by atoms with Gasteiger partial charge >= 0.3 is 0 Å². The van der Waals surface area contributed by atoms with Crippen molar-refractivity contribution in [2.45, 2.75) is 31.3 Å². The summed E-state index contributed by atoms with van der Waals surface area (Å²) in [5.74, 6) is 0.682. The molecule has 2 N–H and O–H groups in total. The van der Waals surface area contributed by atoms with Crippen LogP contribution >= 0.6 is 12.6 Å². The molecular formula is C17H19N3OS. The number of amides is 1. The Labute approximate surface area is 135 Å². The van der Waals surface area contributed by atoms with Crippen LogP contribution in [0.4, 0.5) is 0 Å². The predicted molar refractivity (Wildman–Crippen MR) is 89.5 cm³/mol. The van der Waals surface area contributed by atoms with Gasteiger partial charge in [-0.15, -0.1) is 0 Å². The molecular weight excluding hydrogens is 294 g/mol. The van der Waals surface area contributed by atoms with E-state index >= 15 is 0 Å². The second-order valence-corrected chi connectivity index (χ2v) is 5.80. The molecule has 1 aromatic carbocycles. The van der Waals surface area contributed by atoms with Crippen LogP contribution in [0.5, 0.6) is 0 Å². The molecule has 0 aliphatic carbocycles. The second-order valence-electron chi connectivity index (χ2n) is 5.48. The van der Waals surface area contributed by atoms with Crippen LogP contribution < -0.4 is 10.6 Å². The highest BCUT2D eigenvalue weighted by atomic mass is 32.1.